The number of hydrogen-bond acceptors (Lipinski definition) is 6. The molecule has 0 radical (unpaired) electrons. The number of methoxy groups -OCH3 is 4. The largest absolute Gasteiger partial charge is 0.497 e. The van der Waals surface area contributed by atoms with Crippen molar-refractivity contribution in [2.45, 2.75) is 6.42 Å². The maximum absolute atomic E-state index is 12.5. The Balaban J connectivity index is 2.02. The molecule has 0 aromatic heterocycles. The van der Waals surface area contributed by atoms with Crippen molar-refractivity contribution in [1.82, 2.24) is 0 Å². The fourth-order valence-electron chi connectivity index (χ4n) is 2.42. The lowest BCUT2D eigenvalue weighted by Gasteiger charge is -2.14. The summed E-state index contributed by atoms with van der Waals surface area (Å²) in [7, 11) is 6.20. The van der Waals surface area contributed by atoms with Crippen LogP contribution < -0.4 is 24.3 Å². The van der Waals surface area contributed by atoms with Gasteiger partial charge in [0.1, 0.15) is 5.75 Å². The highest BCUT2D eigenvalue weighted by atomic mass is 16.5. The Morgan fingerprint density at radius 3 is 1.96 bits per heavy atom. The molecule has 0 aliphatic carbocycles. The van der Waals surface area contributed by atoms with Gasteiger partial charge >= 0.3 is 0 Å². The lowest BCUT2D eigenvalue weighted by molar-refractivity contribution is 0.0985. The zero-order valence-corrected chi connectivity index (χ0v) is 14.9. The molecule has 0 saturated heterocycles. The van der Waals surface area contributed by atoms with Gasteiger partial charge in [-0.15, -0.1) is 0 Å². The van der Waals surface area contributed by atoms with E-state index in [1.165, 1.54) is 21.3 Å². The third-order valence-electron chi connectivity index (χ3n) is 3.76. The molecule has 0 saturated carbocycles. The monoisotopic (exact) mass is 345 g/mol. The van der Waals surface area contributed by atoms with E-state index in [0.717, 1.165) is 11.4 Å². The van der Waals surface area contributed by atoms with Crippen LogP contribution in [0.25, 0.3) is 0 Å². The number of anilines is 1. The minimum absolute atomic E-state index is 0.0136. The van der Waals surface area contributed by atoms with Crippen molar-refractivity contribution in [2.75, 3.05) is 40.3 Å². The topological polar surface area (TPSA) is 66.0 Å². The lowest BCUT2D eigenvalue weighted by atomic mass is 10.1. The average molecular weight is 345 g/mol. The maximum atomic E-state index is 12.5. The number of carbonyl (C=O) groups is 1. The van der Waals surface area contributed by atoms with Crippen LogP contribution in [0.3, 0.4) is 0 Å². The molecule has 2 aromatic carbocycles. The Kier molecular flexibility index (Phi) is 6.51. The molecule has 1 N–H and O–H groups in total. The van der Waals surface area contributed by atoms with Crippen molar-refractivity contribution >= 4 is 11.5 Å². The highest BCUT2D eigenvalue weighted by Gasteiger charge is 2.16. The van der Waals surface area contributed by atoms with Crippen LogP contribution in [0, 0.1) is 0 Å². The smallest absolute Gasteiger partial charge is 0.203 e. The van der Waals surface area contributed by atoms with E-state index in [0.29, 0.717) is 35.8 Å². The van der Waals surface area contributed by atoms with Crippen LogP contribution in [0.5, 0.6) is 23.0 Å². The zero-order valence-electron chi connectivity index (χ0n) is 14.9. The third kappa shape index (κ3) is 4.56. The predicted molar refractivity (Wildman–Crippen MR) is 96.5 cm³/mol. The van der Waals surface area contributed by atoms with Gasteiger partial charge in [0, 0.05) is 24.2 Å². The summed E-state index contributed by atoms with van der Waals surface area (Å²) in [6, 6.07) is 10.9. The van der Waals surface area contributed by atoms with Crippen molar-refractivity contribution in [2.24, 2.45) is 0 Å². The Hall–Kier alpha value is -2.89. The van der Waals surface area contributed by atoms with Gasteiger partial charge in [-0.2, -0.15) is 0 Å². The molecule has 25 heavy (non-hydrogen) atoms. The van der Waals surface area contributed by atoms with Crippen LogP contribution in [0.2, 0.25) is 0 Å². The number of carbonyl (C=O) groups excluding carboxylic acids is 1. The fraction of sp³-hybridized carbons (Fsp3) is 0.316. The predicted octanol–water partition coefficient (Wildman–Crippen LogP) is 3.41. The van der Waals surface area contributed by atoms with Crippen LogP contribution >= 0.6 is 0 Å². The third-order valence-corrected chi connectivity index (χ3v) is 3.76. The van der Waals surface area contributed by atoms with Crippen LogP contribution in [0.4, 0.5) is 5.69 Å². The first-order chi connectivity index (χ1) is 12.1. The van der Waals surface area contributed by atoms with Crippen molar-refractivity contribution in [1.29, 1.82) is 0 Å². The van der Waals surface area contributed by atoms with E-state index >= 15 is 0 Å². The molecule has 0 bridgehead atoms. The first kappa shape index (κ1) is 18.4. The Morgan fingerprint density at radius 1 is 0.880 bits per heavy atom. The second kappa shape index (κ2) is 8.82. The van der Waals surface area contributed by atoms with Gasteiger partial charge in [-0.1, -0.05) is 0 Å². The van der Waals surface area contributed by atoms with Gasteiger partial charge in [-0.05, 0) is 36.4 Å². The van der Waals surface area contributed by atoms with Gasteiger partial charge in [-0.3, -0.25) is 4.79 Å². The van der Waals surface area contributed by atoms with E-state index < -0.39 is 0 Å². The highest BCUT2D eigenvalue weighted by Crippen LogP contribution is 2.38. The van der Waals surface area contributed by atoms with Crippen molar-refractivity contribution in [3.63, 3.8) is 0 Å². The van der Waals surface area contributed by atoms with Gasteiger partial charge in [0.25, 0.3) is 0 Å². The van der Waals surface area contributed by atoms with E-state index in [1.807, 2.05) is 24.3 Å². The molecule has 134 valence electrons. The molecule has 0 aliphatic heterocycles. The molecule has 0 unspecified atom stereocenters. The standard InChI is InChI=1S/C19H23NO5/c1-22-15-7-5-14(6-8-15)20-10-9-16(21)13-11-17(23-2)19(25-4)18(12-13)24-3/h5-8,11-12,20H,9-10H2,1-4H3. The van der Waals surface area contributed by atoms with Crippen LogP contribution in [0.15, 0.2) is 36.4 Å². The molecule has 0 fully saturated rings. The van der Waals surface area contributed by atoms with Gasteiger partial charge in [0.2, 0.25) is 5.75 Å². The molecule has 6 heteroatoms. The summed E-state index contributed by atoms with van der Waals surface area (Å²) in [6.07, 6.45) is 0.338. The fourth-order valence-corrected chi connectivity index (χ4v) is 2.42. The Labute approximate surface area is 147 Å². The van der Waals surface area contributed by atoms with Gasteiger partial charge in [-0.25, -0.2) is 0 Å². The Morgan fingerprint density at radius 2 is 1.48 bits per heavy atom. The van der Waals surface area contributed by atoms with Crippen LogP contribution in [-0.2, 0) is 0 Å². The second-order valence-corrected chi connectivity index (χ2v) is 5.24. The quantitative estimate of drug-likeness (QED) is 0.703. The molecular weight excluding hydrogens is 322 g/mol. The van der Waals surface area contributed by atoms with E-state index in [1.54, 1.807) is 19.2 Å². The SMILES string of the molecule is COc1ccc(NCCC(=O)c2cc(OC)c(OC)c(OC)c2)cc1. The summed E-state index contributed by atoms with van der Waals surface area (Å²) < 4.78 is 20.9. The second-order valence-electron chi connectivity index (χ2n) is 5.24. The Bertz CT molecular complexity index is 687. The van der Waals surface area contributed by atoms with Crippen molar-refractivity contribution in [3.8, 4) is 23.0 Å². The first-order valence-corrected chi connectivity index (χ1v) is 7.84. The number of Topliss-reactive ketones (excluding diaryl/α,β-unsaturated/α-hetero) is 1. The summed E-state index contributed by atoms with van der Waals surface area (Å²) in [4.78, 5) is 12.5. The molecule has 0 atom stereocenters. The van der Waals surface area contributed by atoms with Crippen LogP contribution in [-0.4, -0.2) is 40.8 Å². The minimum atomic E-state index is -0.0136. The average Bonchev–Trinajstić information content (AvgIpc) is 2.67. The summed E-state index contributed by atoms with van der Waals surface area (Å²) in [5, 5.41) is 3.21. The molecule has 2 aromatic rings. The van der Waals surface area contributed by atoms with E-state index in [-0.39, 0.29) is 5.78 Å². The van der Waals surface area contributed by atoms with Gasteiger partial charge in [0.15, 0.2) is 17.3 Å². The number of ketones is 1. The molecule has 0 aliphatic rings. The number of nitrogens with one attached hydrogen (secondary N) is 1. The van der Waals surface area contributed by atoms with Crippen molar-refractivity contribution < 1.29 is 23.7 Å². The van der Waals surface area contributed by atoms with E-state index in [4.69, 9.17) is 18.9 Å². The maximum Gasteiger partial charge on any atom is 0.203 e. The summed E-state index contributed by atoms with van der Waals surface area (Å²) in [5.74, 6) is 2.18. The molecular formula is C19H23NO5. The van der Waals surface area contributed by atoms with E-state index in [9.17, 15) is 4.79 Å². The van der Waals surface area contributed by atoms with E-state index in [2.05, 4.69) is 5.32 Å². The lowest BCUT2D eigenvalue weighted by Crippen LogP contribution is -2.09. The molecule has 0 heterocycles. The summed E-state index contributed by atoms with van der Waals surface area (Å²) in [5.41, 5.74) is 1.45. The van der Waals surface area contributed by atoms with Crippen LogP contribution in [0.1, 0.15) is 16.8 Å². The normalized spacial score (nSPS) is 10.1. The van der Waals surface area contributed by atoms with Gasteiger partial charge in [0.05, 0.1) is 28.4 Å². The van der Waals surface area contributed by atoms with Gasteiger partial charge < -0.3 is 24.3 Å². The number of ether oxygens (including phenoxy) is 4. The summed E-state index contributed by atoms with van der Waals surface area (Å²) >= 11 is 0. The zero-order chi connectivity index (χ0) is 18.2. The molecule has 0 spiro atoms. The van der Waals surface area contributed by atoms with Crippen molar-refractivity contribution in [3.05, 3.63) is 42.0 Å². The molecule has 6 nitrogen and oxygen atoms in total. The molecule has 0 amide bonds. The molecule has 2 rings (SSSR count). The minimum Gasteiger partial charge on any atom is -0.497 e. The number of rotatable bonds is 9. The number of hydrogen-bond donors (Lipinski definition) is 1. The first-order valence-electron chi connectivity index (χ1n) is 7.84. The number of benzene rings is 2. The highest BCUT2D eigenvalue weighted by molar-refractivity contribution is 5.97. The summed E-state index contributed by atoms with van der Waals surface area (Å²) in [6.45, 7) is 0.516.